The van der Waals surface area contributed by atoms with Gasteiger partial charge in [-0.15, -0.1) is 0 Å². The Morgan fingerprint density at radius 1 is 1.07 bits per heavy atom. The molecule has 0 aliphatic carbocycles. The Hall–Kier alpha value is -2.11. The molecule has 0 unspecified atom stereocenters. The van der Waals surface area contributed by atoms with E-state index >= 15 is 0 Å². The standard InChI is InChI=1S/C20H22Cl2N2O3/c1-13(2)24(12-14-4-6-16(21)17(22)10-14)20(25)23-15-5-7-18-19(11-15)27-9-3-8-26-18/h4-7,10-11,13H,3,8-9,12H2,1-2H3,(H,23,25). The van der Waals surface area contributed by atoms with Gasteiger partial charge in [-0.25, -0.2) is 4.79 Å². The van der Waals surface area contributed by atoms with Gasteiger partial charge in [0.05, 0.1) is 23.3 Å². The van der Waals surface area contributed by atoms with Crippen molar-refractivity contribution >= 4 is 34.9 Å². The summed E-state index contributed by atoms with van der Waals surface area (Å²) in [4.78, 5) is 14.6. The van der Waals surface area contributed by atoms with Crippen LogP contribution >= 0.6 is 23.2 Å². The average molecular weight is 409 g/mol. The highest BCUT2D eigenvalue weighted by atomic mass is 35.5. The number of ether oxygens (including phenoxy) is 2. The minimum atomic E-state index is -0.203. The molecule has 0 radical (unpaired) electrons. The molecule has 1 aliphatic rings. The quantitative estimate of drug-likeness (QED) is 0.716. The second-order valence-corrected chi connectivity index (χ2v) is 7.43. The summed E-state index contributed by atoms with van der Waals surface area (Å²) in [6.45, 7) is 5.57. The van der Waals surface area contributed by atoms with Gasteiger partial charge in [-0.2, -0.15) is 0 Å². The molecule has 0 fully saturated rings. The van der Waals surface area contributed by atoms with Crippen LogP contribution in [0, 0.1) is 0 Å². The molecule has 1 aliphatic heterocycles. The Morgan fingerprint density at radius 3 is 2.52 bits per heavy atom. The fourth-order valence-corrected chi connectivity index (χ4v) is 3.08. The number of carbonyl (C=O) groups is 1. The normalized spacial score (nSPS) is 13.2. The number of urea groups is 1. The molecule has 27 heavy (non-hydrogen) atoms. The van der Waals surface area contributed by atoms with Crippen LogP contribution in [-0.4, -0.2) is 30.2 Å². The fraction of sp³-hybridized carbons (Fsp3) is 0.350. The minimum Gasteiger partial charge on any atom is -0.490 e. The van der Waals surface area contributed by atoms with Gasteiger partial charge in [0, 0.05) is 30.8 Å². The fourth-order valence-electron chi connectivity index (χ4n) is 2.76. The Labute approximate surface area is 169 Å². The molecule has 0 bridgehead atoms. The van der Waals surface area contributed by atoms with E-state index in [1.165, 1.54) is 0 Å². The van der Waals surface area contributed by atoms with Crippen LogP contribution in [0.25, 0.3) is 0 Å². The lowest BCUT2D eigenvalue weighted by Gasteiger charge is -2.27. The molecule has 3 rings (SSSR count). The summed E-state index contributed by atoms with van der Waals surface area (Å²) in [7, 11) is 0. The molecule has 2 aromatic rings. The number of halogens is 2. The summed E-state index contributed by atoms with van der Waals surface area (Å²) >= 11 is 12.1. The molecular formula is C20H22Cl2N2O3. The monoisotopic (exact) mass is 408 g/mol. The van der Waals surface area contributed by atoms with E-state index < -0.39 is 0 Å². The maximum Gasteiger partial charge on any atom is 0.322 e. The van der Waals surface area contributed by atoms with Gasteiger partial charge >= 0.3 is 6.03 Å². The smallest absolute Gasteiger partial charge is 0.322 e. The van der Waals surface area contributed by atoms with Crippen molar-refractivity contribution in [3.8, 4) is 11.5 Å². The minimum absolute atomic E-state index is 0.000126. The highest BCUT2D eigenvalue weighted by Crippen LogP contribution is 2.32. The maximum absolute atomic E-state index is 12.8. The molecule has 1 heterocycles. The van der Waals surface area contributed by atoms with Crippen LogP contribution in [0.5, 0.6) is 11.5 Å². The van der Waals surface area contributed by atoms with Crippen molar-refractivity contribution in [2.24, 2.45) is 0 Å². The summed E-state index contributed by atoms with van der Waals surface area (Å²) in [5, 5.41) is 3.90. The molecule has 0 atom stereocenters. The van der Waals surface area contributed by atoms with E-state index in [2.05, 4.69) is 5.32 Å². The second-order valence-electron chi connectivity index (χ2n) is 6.61. The summed E-state index contributed by atoms with van der Waals surface area (Å²) in [5.74, 6) is 1.34. The van der Waals surface area contributed by atoms with Crippen molar-refractivity contribution in [1.29, 1.82) is 0 Å². The number of hydrogen-bond donors (Lipinski definition) is 1. The highest BCUT2D eigenvalue weighted by Gasteiger charge is 2.19. The Balaban J connectivity index is 1.73. The van der Waals surface area contributed by atoms with E-state index in [4.69, 9.17) is 32.7 Å². The van der Waals surface area contributed by atoms with Crippen molar-refractivity contribution < 1.29 is 14.3 Å². The first kappa shape index (κ1) is 19.6. The first-order valence-electron chi connectivity index (χ1n) is 8.85. The topological polar surface area (TPSA) is 50.8 Å². The van der Waals surface area contributed by atoms with Gasteiger partial charge in [0.15, 0.2) is 11.5 Å². The lowest BCUT2D eigenvalue weighted by atomic mass is 10.2. The molecule has 0 saturated carbocycles. The number of hydrogen-bond acceptors (Lipinski definition) is 3. The molecule has 0 saturated heterocycles. The molecule has 2 aromatic carbocycles. The van der Waals surface area contributed by atoms with Gasteiger partial charge in [0.1, 0.15) is 0 Å². The van der Waals surface area contributed by atoms with Crippen molar-refractivity contribution in [1.82, 2.24) is 4.90 Å². The van der Waals surface area contributed by atoms with Crippen LogP contribution in [0.3, 0.4) is 0 Å². The predicted molar refractivity (Wildman–Crippen MR) is 108 cm³/mol. The first-order valence-corrected chi connectivity index (χ1v) is 9.61. The zero-order valence-electron chi connectivity index (χ0n) is 15.3. The van der Waals surface area contributed by atoms with Crippen LogP contribution in [0.2, 0.25) is 10.0 Å². The van der Waals surface area contributed by atoms with E-state index in [1.54, 1.807) is 23.1 Å². The van der Waals surface area contributed by atoms with Crippen molar-refractivity contribution in [2.45, 2.75) is 32.9 Å². The zero-order chi connectivity index (χ0) is 19.4. The third-order valence-corrected chi connectivity index (χ3v) is 4.96. The van der Waals surface area contributed by atoms with Crippen LogP contribution in [-0.2, 0) is 6.54 Å². The molecule has 5 nitrogen and oxygen atoms in total. The molecule has 144 valence electrons. The predicted octanol–water partition coefficient (Wildman–Crippen LogP) is 5.60. The summed E-state index contributed by atoms with van der Waals surface area (Å²) in [6, 6.07) is 10.6. The summed E-state index contributed by atoms with van der Waals surface area (Å²) in [6.07, 6.45) is 0.834. The molecule has 0 spiro atoms. The van der Waals surface area contributed by atoms with E-state index in [0.29, 0.717) is 47.0 Å². The Bertz CT molecular complexity index is 827. The molecule has 2 amide bonds. The zero-order valence-corrected chi connectivity index (χ0v) is 16.8. The second kappa shape index (κ2) is 8.72. The molecular weight excluding hydrogens is 387 g/mol. The third-order valence-electron chi connectivity index (χ3n) is 4.22. The van der Waals surface area contributed by atoms with Gasteiger partial charge in [0.2, 0.25) is 0 Å². The van der Waals surface area contributed by atoms with Gasteiger partial charge in [0.25, 0.3) is 0 Å². The van der Waals surface area contributed by atoms with E-state index in [0.717, 1.165) is 12.0 Å². The SMILES string of the molecule is CC(C)N(Cc1ccc(Cl)c(Cl)c1)C(=O)Nc1ccc2c(c1)OCCCO2. The van der Waals surface area contributed by atoms with Crippen molar-refractivity contribution in [3.05, 3.63) is 52.0 Å². The highest BCUT2D eigenvalue weighted by molar-refractivity contribution is 6.42. The van der Waals surface area contributed by atoms with E-state index in [1.807, 2.05) is 32.0 Å². The first-order chi connectivity index (χ1) is 12.9. The van der Waals surface area contributed by atoms with Gasteiger partial charge < -0.3 is 19.7 Å². The average Bonchev–Trinajstić information content (AvgIpc) is 2.87. The van der Waals surface area contributed by atoms with Crippen LogP contribution in [0.15, 0.2) is 36.4 Å². The van der Waals surface area contributed by atoms with E-state index in [9.17, 15) is 4.79 Å². The maximum atomic E-state index is 12.8. The molecule has 1 N–H and O–H groups in total. The number of fused-ring (bicyclic) bond motifs is 1. The van der Waals surface area contributed by atoms with Gasteiger partial charge in [-0.1, -0.05) is 29.3 Å². The largest absolute Gasteiger partial charge is 0.490 e. The third kappa shape index (κ3) is 4.99. The number of carbonyl (C=O) groups excluding carboxylic acids is 1. The van der Waals surface area contributed by atoms with Crippen molar-refractivity contribution in [2.75, 3.05) is 18.5 Å². The number of benzene rings is 2. The summed E-state index contributed by atoms with van der Waals surface area (Å²) in [5.41, 5.74) is 1.57. The Morgan fingerprint density at radius 2 is 1.81 bits per heavy atom. The van der Waals surface area contributed by atoms with Gasteiger partial charge in [-0.3, -0.25) is 0 Å². The molecule has 0 aromatic heterocycles. The molecule has 7 heteroatoms. The number of nitrogens with zero attached hydrogens (tertiary/aromatic N) is 1. The number of amides is 2. The van der Waals surface area contributed by atoms with Crippen LogP contribution in [0.1, 0.15) is 25.8 Å². The van der Waals surface area contributed by atoms with Crippen LogP contribution in [0.4, 0.5) is 10.5 Å². The Kier molecular flexibility index (Phi) is 6.34. The van der Waals surface area contributed by atoms with Crippen LogP contribution < -0.4 is 14.8 Å². The lowest BCUT2D eigenvalue weighted by Crippen LogP contribution is -2.39. The van der Waals surface area contributed by atoms with Gasteiger partial charge in [-0.05, 0) is 43.7 Å². The number of anilines is 1. The lowest BCUT2D eigenvalue weighted by molar-refractivity contribution is 0.193. The number of rotatable bonds is 4. The van der Waals surface area contributed by atoms with Crippen molar-refractivity contribution in [3.63, 3.8) is 0 Å². The van der Waals surface area contributed by atoms with E-state index in [-0.39, 0.29) is 12.1 Å². The summed E-state index contributed by atoms with van der Waals surface area (Å²) < 4.78 is 11.3. The number of nitrogens with one attached hydrogen (secondary N) is 1.